The van der Waals surface area contributed by atoms with Gasteiger partial charge in [-0.25, -0.2) is 0 Å². The maximum atomic E-state index is 8.63. The minimum atomic E-state index is 0.322. The first-order valence-corrected chi connectivity index (χ1v) is 4.71. The van der Waals surface area contributed by atoms with Gasteiger partial charge in [-0.05, 0) is 18.6 Å². The first kappa shape index (κ1) is 12.9. The van der Waals surface area contributed by atoms with Gasteiger partial charge in [0.1, 0.15) is 5.75 Å². The Morgan fingerprint density at radius 1 is 1.21 bits per heavy atom. The van der Waals surface area contributed by atoms with E-state index in [0.717, 1.165) is 13.0 Å². The zero-order valence-corrected chi connectivity index (χ0v) is 9.10. The Morgan fingerprint density at radius 3 is 2.00 bits per heavy atom. The van der Waals surface area contributed by atoms with Crippen LogP contribution in [0.5, 0.6) is 5.75 Å². The Bertz CT molecular complexity index is 212. The maximum absolute atomic E-state index is 8.63. The van der Waals surface area contributed by atoms with Crippen molar-refractivity contribution >= 4 is 0 Å². The van der Waals surface area contributed by atoms with Crippen LogP contribution in [0.4, 0.5) is 0 Å². The number of hydrogen-bond acceptors (Lipinski definition) is 3. The van der Waals surface area contributed by atoms with Crippen LogP contribution < -0.4 is 0 Å². The number of benzene rings is 1. The van der Waals surface area contributed by atoms with Gasteiger partial charge in [0.2, 0.25) is 0 Å². The molecular weight excluding hydrogens is 178 g/mol. The normalized spacial score (nSPS) is 9.43. The van der Waals surface area contributed by atoms with Crippen LogP contribution in [-0.2, 0) is 4.84 Å². The van der Waals surface area contributed by atoms with Crippen molar-refractivity contribution < 1.29 is 9.94 Å². The highest BCUT2D eigenvalue weighted by molar-refractivity contribution is 5.18. The van der Waals surface area contributed by atoms with Crippen LogP contribution in [0.1, 0.15) is 13.3 Å². The number of para-hydroxylation sites is 1. The van der Waals surface area contributed by atoms with Gasteiger partial charge in [-0.3, -0.25) is 4.84 Å². The SMILES string of the molecule is CCCON(C)C.Oc1ccccc1. The molecule has 0 fully saturated rings. The van der Waals surface area contributed by atoms with Gasteiger partial charge < -0.3 is 5.11 Å². The molecule has 0 spiro atoms. The lowest BCUT2D eigenvalue weighted by Crippen LogP contribution is -2.12. The summed E-state index contributed by atoms with van der Waals surface area (Å²) in [6.45, 7) is 2.91. The van der Waals surface area contributed by atoms with Crippen LogP contribution in [0.2, 0.25) is 0 Å². The summed E-state index contributed by atoms with van der Waals surface area (Å²) in [5.41, 5.74) is 0. The predicted octanol–water partition coefficient (Wildman–Crippen LogP) is 2.28. The van der Waals surface area contributed by atoms with Gasteiger partial charge >= 0.3 is 0 Å². The molecule has 0 saturated heterocycles. The van der Waals surface area contributed by atoms with Crippen LogP contribution in [0.3, 0.4) is 0 Å². The van der Waals surface area contributed by atoms with Crippen molar-refractivity contribution in [2.24, 2.45) is 0 Å². The highest BCUT2D eigenvalue weighted by Gasteiger charge is 1.82. The molecule has 0 radical (unpaired) electrons. The topological polar surface area (TPSA) is 32.7 Å². The highest BCUT2D eigenvalue weighted by Crippen LogP contribution is 2.02. The van der Waals surface area contributed by atoms with Crippen molar-refractivity contribution in [1.82, 2.24) is 5.06 Å². The summed E-state index contributed by atoms with van der Waals surface area (Å²) in [5.74, 6) is 0.322. The lowest BCUT2D eigenvalue weighted by atomic mass is 10.3. The van der Waals surface area contributed by atoms with Crippen LogP contribution >= 0.6 is 0 Å². The molecule has 1 aromatic rings. The average Bonchev–Trinajstić information content (AvgIpc) is 2.17. The third-order valence-corrected chi connectivity index (χ3v) is 1.31. The fraction of sp³-hybridized carbons (Fsp3) is 0.455. The molecule has 0 amide bonds. The van der Waals surface area contributed by atoms with E-state index in [2.05, 4.69) is 6.92 Å². The minimum Gasteiger partial charge on any atom is -0.508 e. The summed E-state index contributed by atoms with van der Waals surface area (Å²) in [4.78, 5) is 5.02. The quantitative estimate of drug-likeness (QED) is 0.754. The third-order valence-electron chi connectivity index (χ3n) is 1.31. The van der Waals surface area contributed by atoms with Crippen molar-refractivity contribution in [2.45, 2.75) is 13.3 Å². The van der Waals surface area contributed by atoms with E-state index in [0.29, 0.717) is 5.75 Å². The van der Waals surface area contributed by atoms with Crippen molar-refractivity contribution in [3.63, 3.8) is 0 Å². The Kier molecular flexibility index (Phi) is 7.89. The number of rotatable bonds is 3. The molecule has 3 nitrogen and oxygen atoms in total. The van der Waals surface area contributed by atoms with E-state index >= 15 is 0 Å². The number of hydroxylamine groups is 2. The highest BCUT2D eigenvalue weighted by atomic mass is 16.7. The van der Waals surface area contributed by atoms with Crippen molar-refractivity contribution in [2.75, 3.05) is 20.7 Å². The molecule has 1 rings (SSSR count). The van der Waals surface area contributed by atoms with E-state index in [1.807, 2.05) is 20.2 Å². The van der Waals surface area contributed by atoms with Gasteiger partial charge in [0.15, 0.2) is 0 Å². The number of aromatic hydroxyl groups is 1. The zero-order chi connectivity index (χ0) is 10.8. The van der Waals surface area contributed by atoms with Crippen LogP contribution in [0.25, 0.3) is 0 Å². The average molecular weight is 197 g/mol. The van der Waals surface area contributed by atoms with Crippen molar-refractivity contribution in [3.8, 4) is 5.75 Å². The second-order valence-corrected chi connectivity index (χ2v) is 2.98. The van der Waals surface area contributed by atoms with Crippen molar-refractivity contribution in [3.05, 3.63) is 30.3 Å². The molecule has 0 aliphatic rings. The molecule has 0 aliphatic carbocycles. The molecule has 1 N–H and O–H groups in total. The van der Waals surface area contributed by atoms with E-state index in [9.17, 15) is 0 Å². The third kappa shape index (κ3) is 9.03. The predicted molar refractivity (Wildman–Crippen MR) is 58.0 cm³/mol. The molecular formula is C11H19NO2. The molecule has 80 valence electrons. The molecule has 0 saturated carbocycles. The fourth-order valence-corrected chi connectivity index (χ4v) is 0.702. The molecule has 3 heteroatoms. The summed E-state index contributed by atoms with van der Waals surface area (Å²) < 4.78 is 0. The summed E-state index contributed by atoms with van der Waals surface area (Å²) >= 11 is 0. The van der Waals surface area contributed by atoms with E-state index in [4.69, 9.17) is 9.94 Å². The van der Waals surface area contributed by atoms with E-state index in [1.165, 1.54) is 0 Å². The molecule has 0 atom stereocenters. The van der Waals surface area contributed by atoms with Crippen LogP contribution in [-0.4, -0.2) is 30.9 Å². The Labute approximate surface area is 85.9 Å². The first-order valence-electron chi connectivity index (χ1n) is 4.71. The van der Waals surface area contributed by atoms with Crippen LogP contribution in [0, 0.1) is 0 Å². The molecule has 0 bridgehead atoms. The zero-order valence-electron chi connectivity index (χ0n) is 9.10. The summed E-state index contributed by atoms with van der Waals surface area (Å²) in [5, 5.41) is 10.3. The number of phenols is 1. The van der Waals surface area contributed by atoms with Gasteiger partial charge in [0.25, 0.3) is 0 Å². The van der Waals surface area contributed by atoms with Crippen molar-refractivity contribution in [1.29, 1.82) is 0 Å². The summed E-state index contributed by atoms with van der Waals surface area (Å²) in [7, 11) is 3.77. The Morgan fingerprint density at radius 2 is 1.79 bits per heavy atom. The number of nitrogens with zero attached hydrogens (tertiary/aromatic N) is 1. The largest absolute Gasteiger partial charge is 0.508 e. The Hall–Kier alpha value is -1.06. The lowest BCUT2D eigenvalue weighted by molar-refractivity contribution is -0.119. The molecule has 0 aromatic heterocycles. The summed E-state index contributed by atoms with van der Waals surface area (Å²) in [6.07, 6.45) is 1.08. The molecule has 14 heavy (non-hydrogen) atoms. The standard InChI is InChI=1S/C6H6O.C5H13NO/c7-6-4-2-1-3-5-6;1-4-5-7-6(2)3/h1-5,7H;4-5H2,1-3H3. The van der Waals surface area contributed by atoms with E-state index in [1.54, 1.807) is 29.3 Å². The second-order valence-electron chi connectivity index (χ2n) is 2.98. The van der Waals surface area contributed by atoms with Gasteiger partial charge in [-0.2, -0.15) is 5.06 Å². The molecule has 0 heterocycles. The van der Waals surface area contributed by atoms with E-state index in [-0.39, 0.29) is 0 Å². The Balaban J connectivity index is 0.000000241. The van der Waals surface area contributed by atoms with E-state index < -0.39 is 0 Å². The number of phenolic OH excluding ortho intramolecular Hbond substituents is 1. The monoisotopic (exact) mass is 197 g/mol. The van der Waals surface area contributed by atoms with Gasteiger partial charge in [0, 0.05) is 14.1 Å². The van der Waals surface area contributed by atoms with Gasteiger partial charge in [-0.15, -0.1) is 0 Å². The first-order chi connectivity index (χ1) is 6.66. The number of hydrogen-bond donors (Lipinski definition) is 1. The molecule has 1 aromatic carbocycles. The van der Waals surface area contributed by atoms with Gasteiger partial charge in [-0.1, -0.05) is 25.1 Å². The fourth-order valence-electron chi connectivity index (χ4n) is 0.702. The second kappa shape index (κ2) is 8.53. The molecule has 0 aliphatic heterocycles. The smallest absolute Gasteiger partial charge is 0.115 e. The maximum Gasteiger partial charge on any atom is 0.115 e. The van der Waals surface area contributed by atoms with Crippen LogP contribution in [0.15, 0.2) is 30.3 Å². The lowest BCUT2D eigenvalue weighted by Gasteiger charge is -2.07. The molecule has 0 unspecified atom stereocenters. The van der Waals surface area contributed by atoms with Gasteiger partial charge in [0.05, 0.1) is 6.61 Å². The minimum absolute atomic E-state index is 0.322. The summed E-state index contributed by atoms with van der Waals surface area (Å²) in [6, 6.07) is 8.71.